The minimum atomic E-state index is -0.140. The number of rotatable bonds is 0. The van der Waals surface area contributed by atoms with Crippen molar-refractivity contribution in [3.63, 3.8) is 0 Å². The maximum Gasteiger partial charge on any atom is 0.273 e. The van der Waals surface area contributed by atoms with Crippen LogP contribution in [0.2, 0.25) is 0 Å². The normalized spacial score (nSPS) is 13.0. The maximum atomic E-state index is 12.6. The van der Waals surface area contributed by atoms with Crippen molar-refractivity contribution in [2.45, 2.75) is 13.1 Å². The number of nitrogen functional groups attached to an aromatic ring is 1. The second-order valence-corrected chi connectivity index (χ2v) is 5.30. The Hall–Kier alpha value is -2.82. The topological polar surface area (TPSA) is 70.0 Å². The van der Waals surface area contributed by atoms with Crippen LogP contribution < -0.4 is 16.9 Å². The van der Waals surface area contributed by atoms with Crippen LogP contribution in [0.5, 0.6) is 0 Å². The Morgan fingerprint density at radius 2 is 1.38 bits per heavy atom. The van der Waals surface area contributed by atoms with Gasteiger partial charge in [-0.05, 0) is 35.4 Å². The van der Waals surface area contributed by atoms with Crippen molar-refractivity contribution < 1.29 is 0 Å². The Labute approximate surface area is 119 Å². The largest absolute Gasteiger partial charge is 0.399 e. The van der Waals surface area contributed by atoms with Crippen LogP contribution in [0.3, 0.4) is 0 Å². The van der Waals surface area contributed by atoms with Gasteiger partial charge in [0.05, 0.1) is 23.9 Å². The van der Waals surface area contributed by atoms with Crippen LogP contribution in [-0.2, 0) is 13.1 Å². The number of hydrogen-bond donors (Lipinski definition) is 1. The quantitative estimate of drug-likeness (QED) is 0.491. The Balaban J connectivity index is 2.06. The van der Waals surface area contributed by atoms with E-state index in [1.807, 2.05) is 18.2 Å². The Bertz CT molecular complexity index is 999. The summed E-state index contributed by atoms with van der Waals surface area (Å²) < 4.78 is 3.02. The molecule has 1 aliphatic heterocycles. The average molecular weight is 279 g/mol. The van der Waals surface area contributed by atoms with E-state index in [1.54, 1.807) is 24.3 Å². The first-order valence-electron chi connectivity index (χ1n) is 6.75. The summed E-state index contributed by atoms with van der Waals surface area (Å²) in [7, 11) is 0. The highest BCUT2D eigenvalue weighted by Crippen LogP contribution is 2.19. The summed E-state index contributed by atoms with van der Waals surface area (Å²) in [6.45, 7) is 0.772. The second kappa shape index (κ2) is 4.09. The number of nitrogens with zero attached hydrogens (tertiary/aromatic N) is 2. The zero-order chi connectivity index (χ0) is 14.6. The number of hydrogen-bond acceptors (Lipinski definition) is 3. The first kappa shape index (κ1) is 12.0. The molecule has 5 heteroatoms. The van der Waals surface area contributed by atoms with Crippen molar-refractivity contribution in [2.75, 3.05) is 5.73 Å². The lowest BCUT2D eigenvalue weighted by Crippen LogP contribution is -2.42. The highest BCUT2D eigenvalue weighted by Gasteiger charge is 2.19. The van der Waals surface area contributed by atoms with E-state index in [-0.39, 0.29) is 11.1 Å². The monoisotopic (exact) mass is 279 g/mol. The van der Waals surface area contributed by atoms with Crippen LogP contribution in [0.25, 0.3) is 10.8 Å². The SMILES string of the molecule is Nc1ccc2c(c1)Cn1c(=O)c3ccccc3c(=O)n1C2. The maximum absolute atomic E-state index is 12.6. The van der Waals surface area contributed by atoms with E-state index in [9.17, 15) is 9.59 Å². The molecule has 1 aromatic heterocycles. The molecular formula is C16H13N3O2. The Morgan fingerprint density at radius 3 is 2.00 bits per heavy atom. The molecule has 4 rings (SSSR count). The van der Waals surface area contributed by atoms with Gasteiger partial charge in [-0.3, -0.25) is 9.59 Å². The molecule has 0 amide bonds. The van der Waals surface area contributed by atoms with Crippen LogP contribution in [0.15, 0.2) is 52.1 Å². The molecule has 3 aromatic rings. The molecule has 2 N–H and O–H groups in total. The van der Waals surface area contributed by atoms with Crippen molar-refractivity contribution in [1.82, 2.24) is 9.36 Å². The summed E-state index contributed by atoms with van der Waals surface area (Å²) in [5, 5.41) is 0.934. The van der Waals surface area contributed by atoms with Crippen LogP contribution in [0.4, 0.5) is 5.69 Å². The second-order valence-electron chi connectivity index (χ2n) is 5.30. The molecule has 0 unspecified atom stereocenters. The summed E-state index contributed by atoms with van der Waals surface area (Å²) in [5.74, 6) is 0. The Kier molecular flexibility index (Phi) is 2.33. The standard InChI is InChI=1S/C16H13N3O2/c17-12-6-5-10-8-18-15(20)13-3-1-2-4-14(13)16(21)19(18)9-11(10)7-12/h1-7H,8-9,17H2. The van der Waals surface area contributed by atoms with Crippen molar-refractivity contribution in [1.29, 1.82) is 0 Å². The molecule has 21 heavy (non-hydrogen) atoms. The first-order valence-corrected chi connectivity index (χ1v) is 6.75. The fourth-order valence-corrected chi connectivity index (χ4v) is 2.94. The zero-order valence-electron chi connectivity index (χ0n) is 11.2. The highest BCUT2D eigenvalue weighted by atomic mass is 16.2. The van der Waals surface area contributed by atoms with Gasteiger partial charge < -0.3 is 5.73 Å². The molecule has 0 saturated heterocycles. The van der Waals surface area contributed by atoms with E-state index in [1.165, 1.54) is 9.36 Å². The third-order valence-corrected chi connectivity index (χ3v) is 4.02. The molecule has 0 atom stereocenters. The zero-order valence-corrected chi connectivity index (χ0v) is 11.2. The van der Waals surface area contributed by atoms with Gasteiger partial charge >= 0.3 is 0 Å². The minimum absolute atomic E-state index is 0.132. The summed E-state index contributed by atoms with van der Waals surface area (Å²) in [6, 6.07) is 12.5. The van der Waals surface area contributed by atoms with Gasteiger partial charge in [0.2, 0.25) is 0 Å². The fraction of sp³-hybridized carbons (Fsp3) is 0.125. The molecule has 0 spiro atoms. The number of nitrogens with two attached hydrogens (primary N) is 1. The van der Waals surface area contributed by atoms with Crippen LogP contribution in [0.1, 0.15) is 11.1 Å². The molecule has 5 nitrogen and oxygen atoms in total. The van der Waals surface area contributed by atoms with E-state index in [4.69, 9.17) is 5.73 Å². The molecular weight excluding hydrogens is 266 g/mol. The van der Waals surface area contributed by atoms with Gasteiger partial charge in [0.15, 0.2) is 0 Å². The number of fused-ring (bicyclic) bond motifs is 3. The van der Waals surface area contributed by atoms with Gasteiger partial charge in [0.25, 0.3) is 11.1 Å². The third kappa shape index (κ3) is 1.64. The lowest BCUT2D eigenvalue weighted by atomic mass is 10.0. The van der Waals surface area contributed by atoms with Gasteiger partial charge in [0, 0.05) is 5.69 Å². The van der Waals surface area contributed by atoms with Gasteiger partial charge in [-0.1, -0.05) is 18.2 Å². The molecule has 0 aliphatic carbocycles. The molecule has 0 saturated carbocycles. The van der Waals surface area contributed by atoms with Gasteiger partial charge in [0.1, 0.15) is 0 Å². The summed E-state index contributed by atoms with van der Waals surface area (Å²) in [5.41, 5.74) is 8.22. The highest BCUT2D eigenvalue weighted by molar-refractivity contribution is 5.80. The van der Waals surface area contributed by atoms with Crippen molar-refractivity contribution in [3.05, 3.63) is 74.3 Å². The van der Waals surface area contributed by atoms with Gasteiger partial charge in [-0.15, -0.1) is 0 Å². The van der Waals surface area contributed by atoms with Gasteiger partial charge in [-0.2, -0.15) is 0 Å². The van der Waals surface area contributed by atoms with Crippen LogP contribution in [0, 0.1) is 0 Å². The van der Waals surface area contributed by atoms with Gasteiger partial charge in [-0.25, -0.2) is 9.36 Å². The average Bonchev–Trinajstić information content (AvgIpc) is 2.51. The molecule has 1 aliphatic rings. The summed E-state index contributed by atoms with van der Waals surface area (Å²) in [6.07, 6.45) is 0. The van der Waals surface area contributed by atoms with Crippen LogP contribution >= 0.6 is 0 Å². The van der Waals surface area contributed by atoms with Crippen molar-refractivity contribution >= 4 is 16.5 Å². The van der Waals surface area contributed by atoms with Crippen molar-refractivity contribution in [2.24, 2.45) is 0 Å². The molecule has 0 radical (unpaired) electrons. The molecule has 0 bridgehead atoms. The van der Waals surface area contributed by atoms with E-state index in [0.29, 0.717) is 29.5 Å². The van der Waals surface area contributed by atoms with E-state index in [0.717, 1.165) is 11.1 Å². The smallest absolute Gasteiger partial charge is 0.273 e. The number of aromatic nitrogens is 2. The van der Waals surface area contributed by atoms with E-state index >= 15 is 0 Å². The van der Waals surface area contributed by atoms with Crippen LogP contribution in [-0.4, -0.2) is 9.36 Å². The number of benzene rings is 2. The van der Waals surface area contributed by atoms with E-state index in [2.05, 4.69) is 0 Å². The third-order valence-electron chi connectivity index (χ3n) is 4.02. The molecule has 2 aromatic carbocycles. The predicted octanol–water partition coefficient (Wildman–Crippen LogP) is 1.16. The summed E-state index contributed by atoms with van der Waals surface area (Å²) >= 11 is 0. The minimum Gasteiger partial charge on any atom is -0.399 e. The van der Waals surface area contributed by atoms with E-state index < -0.39 is 0 Å². The lowest BCUT2D eigenvalue weighted by Gasteiger charge is -2.24. The lowest BCUT2D eigenvalue weighted by molar-refractivity contribution is 0.445. The number of anilines is 1. The Morgan fingerprint density at radius 1 is 0.810 bits per heavy atom. The summed E-state index contributed by atoms with van der Waals surface area (Å²) in [4.78, 5) is 25.2. The molecule has 104 valence electrons. The predicted molar refractivity (Wildman–Crippen MR) is 81.5 cm³/mol. The first-order chi connectivity index (χ1) is 10.1. The van der Waals surface area contributed by atoms with Crippen molar-refractivity contribution in [3.8, 4) is 0 Å². The fourth-order valence-electron chi connectivity index (χ4n) is 2.94. The molecule has 2 heterocycles. The molecule has 0 fully saturated rings.